The van der Waals surface area contributed by atoms with Crippen LogP contribution in [0.5, 0.6) is 0 Å². The molecule has 0 saturated carbocycles. The fourth-order valence-corrected chi connectivity index (χ4v) is 2.38. The molecule has 0 bridgehead atoms. The van der Waals surface area contributed by atoms with E-state index in [2.05, 4.69) is 10.6 Å². The number of nitriles is 1. The van der Waals surface area contributed by atoms with Crippen LogP contribution in [-0.4, -0.2) is 24.4 Å². The van der Waals surface area contributed by atoms with Gasteiger partial charge in [-0.15, -0.1) is 0 Å². The van der Waals surface area contributed by atoms with Crippen LogP contribution < -0.4 is 10.6 Å². The number of carbonyl (C=O) groups excluding carboxylic acids is 3. The minimum atomic E-state index is -0.604. The van der Waals surface area contributed by atoms with Gasteiger partial charge in [0.15, 0.2) is 6.61 Å². The number of carbonyl (C=O) groups is 3. The summed E-state index contributed by atoms with van der Waals surface area (Å²) in [6.07, 6.45) is -0.0895. The topological polar surface area (TPSA) is 108 Å². The van der Waals surface area contributed by atoms with Crippen molar-refractivity contribution in [3.63, 3.8) is 0 Å². The Morgan fingerprint density at radius 2 is 1.74 bits per heavy atom. The van der Waals surface area contributed by atoms with Gasteiger partial charge in [0.1, 0.15) is 0 Å². The standard InChI is InChI=1S/C20H19N3O4/c1-14(24)22-18(16-5-3-2-4-6-16)11-20(26)27-13-19(25)23-17-9-7-15(12-21)8-10-17/h2-10,18H,11,13H2,1H3,(H,22,24)(H,23,25)/t18-/m0/s1. The Balaban J connectivity index is 1.86. The molecule has 7 nitrogen and oxygen atoms in total. The van der Waals surface area contributed by atoms with Gasteiger partial charge in [-0.25, -0.2) is 0 Å². The fourth-order valence-electron chi connectivity index (χ4n) is 2.38. The molecule has 0 aliphatic carbocycles. The summed E-state index contributed by atoms with van der Waals surface area (Å²) in [6.45, 7) is 0.923. The molecule has 0 radical (unpaired) electrons. The second kappa shape index (κ2) is 9.73. The van der Waals surface area contributed by atoms with E-state index in [0.29, 0.717) is 11.3 Å². The molecule has 2 aromatic rings. The minimum absolute atomic E-state index is 0.0895. The maximum absolute atomic E-state index is 12.1. The number of hydrogen-bond acceptors (Lipinski definition) is 5. The maximum atomic E-state index is 12.1. The molecule has 0 heterocycles. The number of esters is 1. The molecule has 2 aromatic carbocycles. The van der Waals surface area contributed by atoms with Crippen LogP contribution in [0.2, 0.25) is 0 Å². The van der Waals surface area contributed by atoms with Gasteiger partial charge in [-0.2, -0.15) is 5.26 Å². The summed E-state index contributed by atoms with van der Waals surface area (Å²) >= 11 is 0. The summed E-state index contributed by atoms with van der Waals surface area (Å²) in [4.78, 5) is 35.3. The van der Waals surface area contributed by atoms with Gasteiger partial charge in [-0.05, 0) is 29.8 Å². The molecular weight excluding hydrogens is 346 g/mol. The number of benzene rings is 2. The van der Waals surface area contributed by atoms with Crippen molar-refractivity contribution in [2.45, 2.75) is 19.4 Å². The largest absolute Gasteiger partial charge is 0.455 e. The Labute approximate surface area is 156 Å². The normalized spacial score (nSPS) is 11.0. The zero-order valence-corrected chi connectivity index (χ0v) is 14.8. The second-order valence-electron chi connectivity index (χ2n) is 5.77. The third kappa shape index (κ3) is 6.63. The number of amides is 2. The van der Waals surface area contributed by atoms with Crippen molar-refractivity contribution in [1.82, 2.24) is 5.32 Å². The number of nitrogens with one attached hydrogen (secondary N) is 2. The van der Waals surface area contributed by atoms with E-state index in [-0.39, 0.29) is 12.3 Å². The fraction of sp³-hybridized carbons (Fsp3) is 0.200. The monoisotopic (exact) mass is 365 g/mol. The first-order valence-corrected chi connectivity index (χ1v) is 8.25. The summed E-state index contributed by atoms with van der Waals surface area (Å²) in [5.41, 5.74) is 1.74. The molecule has 1 atom stereocenters. The van der Waals surface area contributed by atoms with Crippen molar-refractivity contribution in [3.8, 4) is 6.07 Å². The van der Waals surface area contributed by atoms with E-state index in [0.717, 1.165) is 5.56 Å². The second-order valence-corrected chi connectivity index (χ2v) is 5.77. The summed E-state index contributed by atoms with van der Waals surface area (Å²) in [5.74, 6) is -1.37. The number of ether oxygens (including phenoxy) is 1. The lowest BCUT2D eigenvalue weighted by Crippen LogP contribution is -2.29. The average molecular weight is 365 g/mol. The van der Waals surface area contributed by atoms with Crippen molar-refractivity contribution in [2.75, 3.05) is 11.9 Å². The predicted molar refractivity (Wildman–Crippen MR) is 98.4 cm³/mol. The Morgan fingerprint density at radius 3 is 2.33 bits per heavy atom. The van der Waals surface area contributed by atoms with Crippen LogP contribution >= 0.6 is 0 Å². The average Bonchev–Trinajstić information content (AvgIpc) is 2.67. The molecule has 0 aliphatic rings. The molecular formula is C20H19N3O4. The molecule has 138 valence electrons. The first-order valence-electron chi connectivity index (χ1n) is 8.25. The van der Waals surface area contributed by atoms with Crippen LogP contribution in [0.25, 0.3) is 0 Å². The molecule has 0 saturated heterocycles. The Morgan fingerprint density at radius 1 is 1.07 bits per heavy atom. The van der Waals surface area contributed by atoms with E-state index < -0.39 is 24.5 Å². The smallest absolute Gasteiger partial charge is 0.308 e. The van der Waals surface area contributed by atoms with Gasteiger partial charge in [0, 0.05) is 12.6 Å². The maximum Gasteiger partial charge on any atom is 0.308 e. The lowest BCUT2D eigenvalue weighted by Gasteiger charge is -2.17. The Bertz CT molecular complexity index is 842. The third-order valence-electron chi connectivity index (χ3n) is 3.61. The first kappa shape index (κ1) is 19.7. The predicted octanol–water partition coefficient (Wildman–Crippen LogP) is 2.31. The highest BCUT2D eigenvalue weighted by Gasteiger charge is 2.18. The molecule has 0 unspecified atom stereocenters. The highest BCUT2D eigenvalue weighted by Crippen LogP contribution is 2.17. The van der Waals surface area contributed by atoms with E-state index in [1.165, 1.54) is 6.92 Å². The van der Waals surface area contributed by atoms with Gasteiger partial charge in [0.2, 0.25) is 5.91 Å². The molecule has 0 fully saturated rings. The molecule has 0 aliphatic heterocycles. The van der Waals surface area contributed by atoms with Gasteiger partial charge >= 0.3 is 5.97 Å². The van der Waals surface area contributed by atoms with Crippen LogP contribution in [0.3, 0.4) is 0 Å². The molecule has 0 aromatic heterocycles. The number of hydrogen-bond donors (Lipinski definition) is 2. The molecule has 2 N–H and O–H groups in total. The van der Waals surface area contributed by atoms with Crippen LogP contribution in [0.4, 0.5) is 5.69 Å². The molecule has 27 heavy (non-hydrogen) atoms. The number of anilines is 1. The molecule has 7 heteroatoms. The molecule has 0 spiro atoms. The van der Waals surface area contributed by atoms with Crippen molar-refractivity contribution in [1.29, 1.82) is 5.26 Å². The van der Waals surface area contributed by atoms with Crippen LogP contribution in [0.1, 0.15) is 30.5 Å². The quantitative estimate of drug-likeness (QED) is 0.732. The van der Waals surface area contributed by atoms with E-state index in [1.54, 1.807) is 48.5 Å². The summed E-state index contributed by atoms with van der Waals surface area (Å²) in [6, 6.07) is 16.8. The molecule has 2 rings (SSSR count). The highest BCUT2D eigenvalue weighted by atomic mass is 16.5. The number of nitrogens with zero attached hydrogens (tertiary/aromatic N) is 1. The Kier molecular flexibility index (Phi) is 7.08. The lowest BCUT2D eigenvalue weighted by molar-refractivity contribution is -0.148. The van der Waals surface area contributed by atoms with Crippen molar-refractivity contribution in [2.24, 2.45) is 0 Å². The van der Waals surface area contributed by atoms with Gasteiger partial charge in [0.05, 0.1) is 24.1 Å². The van der Waals surface area contributed by atoms with E-state index >= 15 is 0 Å². The summed E-state index contributed by atoms with van der Waals surface area (Å²) in [7, 11) is 0. The van der Waals surface area contributed by atoms with E-state index in [4.69, 9.17) is 10.00 Å². The SMILES string of the molecule is CC(=O)N[C@@H](CC(=O)OCC(=O)Nc1ccc(C#N)cc1)c1ccccc1. The lowest BCUT2D eigenvalue weighted by atomic mass is 10.0. The zero-order chi connectivity index (χ0) is 19.6. The third-order valence-corrected chi connectivity index (χ3v) is 3.61. The Hall–Kier alpha value is -3.66. The van der Waals surface area contributed by atoms with Crippen molar-refractivity contribution < 1.29 is 19.1 Å². The van der Waals surface area contributed by atoms with Gasteiger partial charge in [-0.3, -0.25) is 14.4 Å². The zero-order valence-electron chi connectivity index (χ0n) is 14.8. The minimum Gasteiger partial charge on any atom is -0.455 e. The van der Waals surface area contributed by atoms with Gasteiger partial charge in [0.25, 0.3) is 5.91 Å². The van der Waals surface area contributed by atoms with Crippen LogP contribution in [0.15, 0.2) is 54.6 Å². The highest BCUT2D eigenvalue weighted by molar-refractivity contribution is 5.92. The number of rotatable bonds is 7. The van der Waals surface area contributed by atoms with E-state index in [9.17, 15) is 14.4 Å². The van der Waals surface area contributed by atoms with Crippen molar-refractivity contribution in [3.05, 3.63) is 65.7 Å². The van der Waals surface area contributed by atoms with Crippen LogP contribution in [0, 0.1) is 11.3 Å². The van der Waals surface area contributed by atoms with Gasteiger partial charge < -0.3 is 15.4 Å². The van der Waals surface area contributed by atoms with E-state index in [1.807, 2.05) is 12.1 Å². The molecule has 2 amide bonds. The summed E-state index contributed by atoms with van der Waals surface area (Å²) in [5, 5.41) is 14.0. The van der Waals surface area contributed by atoms with Crippen LogP contribution in [-0.2, 0) is 19.1 Å². The van der Waals surface area contributed by atoms with Gasteiger partial charge in [-0.1, -0.05) is 30.3 Å². The summed E-state index contributed by atoms with van der Waals surface area (Å²) < 4.78 is 5.00. The van der Waals surface area contributed by atoms with Crippen molar-refractivity contribution >= 4 is 23.5 Å². The first-order chi connectivity index (χ1) is 13.0.